The molecule has 3 aromatic rings. The lowest BCUT2D eigenvalue weighted by molar-refractivity contribution is -0.0497. The molecule has 12 heteroatoms. The lowest BCUT2D eigenvalue weighted by Gasteiger charge is -2.33. The number of aromatic nitrogens is 3. The minimum atomic E-state index is -2.74. The standard InChI is InChI=1S/C28H33F2N5O5/c1-34(20-9-13-39-14-10-20)22-15-23-31-21(16-35(23)33-25(22)26(36)37)24(19-7-11-28(29,30)12-8-19)32-27(38)40-17-18-5-3-2-4-6-18/h2-6,15-16,19-20,24H,7-14,17H2,1H3,(H,32,38)(H,36,37)/t24-/m0/s1. The zero-order valence-electron chi connectivity index (χ0n) is 22.3. The van der Waals surface area contributed by atoms with Gasteiger partial charge in [0.15, 0.2) is 11.3 Å². The van der Waals surface area contributed by atoms with Gasteiger partial charge < -0.3 is 24.8 Å². The molecule has 1 aromatic carbocycles. The SMILES string of the molecule is CN(c1cc2nc([C@@H](NC(=O)OCc3ccccc3)C3CCC(F)(F)CC3)cn2nc1C(=O)O)C1CCOCC1. The molecule has 10 nitrogen and oxygen atoms in total. The zero-order valence-corrected chi connectivity index (χ0v) is 22.3. The van der Waals surface area contributed by atoms with Crippen LogP contribution in [0, 0.1) is 5.92 Å². The maximum Gasteiger partial charge on any atom is 0.408 e. The van der Waals surface area contributed by atoms with E-state index in [9.17, 15) is 23.5 Å². The van der Waals surface area contributed by atoms with E-state index in [1.807, 2.05) is 42.3 Å². The minimum absolute atomic E-state index is 0.0543. The van der Waals surface area contributed by atoms with Crippen LogP contribution < -0.4 is 10.2 Å². The first-order chi connectivity index (χ1) is 19.2. The summed E-state index contributed by atoms with van der Waals surface area (Å²) in [5, 5.41) is 17.1. The number of anilines is 1. The molecule has 1 aliphatic carbocycles. The molecule has 3 heterocycles. The Morgan fingerprint density at radius 3 is 2.58 bits per heavy atom. The molecule has 1 atom stereocenters. The third-order valence-corrected chi connectivity index (χ3v) is 7.81. The first-order valence-corrected chi connectivity index (χ1v) is 13.5. The molecule has 0 bridgehead atoms. The van der Waals surface area contributed by atoms with E-state index in [-0.39, 0.29) is 49.9 Å². The van der Waals surface area contributed by atoms with Crippen molar-refractivity contribution >= 4 is 23.4 Å². The summed E-state index contributed by atoms with van der Waals surface area (Å²) >= 11 is 0. The van der Waals surface area contributed by atoms with E-state index in [1.54, 1.807) is 12.3 Å². The average molecular weight is 558 g/mol. The van der Waals surface area contributed by atoms with Crippen LogP contribution in [0.3, 0.4) is 0 Å². The molecule has 1 amide bonds. The second-order valence-electron chi connectivity index (χ2n) is 10.5. The van der Waals surface area contributed by atoms with Gasteiger partial charge in [0.25, 0.3) is 0 Å². The van der Waals surface area contributed by atoms with E-state index in [0.717, 1.165) is 18.4 Å². The highest BCUT2D eigenvalue weighted by atomic mass is 19.3. The van der Waals surface area contributed by atoms with E-state index in [1.165, 1.54) is 4.52 Å². The van der Waals surface area contributed by atoms with E-state index in [0.29, 0.717) is 30.2 Å². The summed E-state index contributed by atoms with van der Waals surface area (Å²) in [7, 11) is 1.83. The molecule has 214 valence electrons. The van der Waals surface area contributed by atoms with Gasteiger partial charge in [-0.05, 0) is 37.2 Å². The average Bonchev–Trinajstić information content (AvgIpc) is 3.38. The molecular weight excluding hydrogens is 524 g/mol. The maximum absolute atomic E-state index is 14.0. The number of aromatic carboxylic acids is 1. The van der Waals surface area contributed by atoms with Gasteiger partial charge in [-0.25, -0.2) is 27.9 Å². The Balaban J connectivity index is 1.43. The highest BCUT2D eigenvalue weighted by Gasteiger charge is 2.39. The molecule has 1 aliphatic heterocycles. The summed E-state index contributed by atoms with van der Waals surface area (Å²) in [4.78, 5) is 31.5. The molecule has 0 radical (unpaired) electrons. The topological polar surface area (TPSA) is 118 Å². The van der Waals surface area contributed by atoms with Crippen LogP contribution in [0.4, 0.5) is 19.3 Å². The first kappa shape index (κ1) is 27.8. The van der Waals surface area contributed by atoms with Crippen molar-refractivity contribution in [2.45, 2.75) is 63.1 Å². The van der Waals surface area contributed by atoms with E-state index in [2.05, 4.69) is 15.4 Å². The number of carboxylic acid groups (broad SMARTS) is 1. The Morgan fingerprint density at radius 2 is 1.90 bits per heavy atom. The quantitative estimate of drug-likeness (QED) is 0.404. The van der Waals surface area contributed by atoms with Gasteiger partial charge in [-0.1, -0.05) is 30.3 Å². The molecule has 2 aromatic heterocycles. The van der Waals surface area contributed by atoms with Crippen LogP contribution in [-0.2, 0) is 16.1 Å². The molecule has 2 aliphatic rings. The van der Waals surface area contributed by atoms with Crippen molar-refractivity contribution < 1.29 is 33.0 Å². The number of amides is 1. The molecular formula is C28H33F2N5O5. The molecule has 1 saturated carbocycles. The Hall–Kier alpha value is -3.80. The van der Waals surface area contributed by atoms with Crippen LogP contribution in [-0.4, -0.2) is 64.0 Å². The third kappa shape index (κ3) is 6.33. The van der Waals surface area contributed by atoms with Crippen molar-refractivity contribution in [2.24, 2.45) is 5.92 Å². The normalized spacial score (nSPS) is 18.8. The van der Waals surface area contributed by atoms with E-state index < -0.39 is 24.0 Å². The largest absolute Gasteiger partial charge is 0.476 e. The number of carbonyl (C=O) groups is 2. The smallest absolute Gasteiger partial charge is 0.408 e. The summed E-state index contributed by atoms with van der Waals surface area (Å²) in [6.07, 6.45) is 2.17. The molecule has 1 saturated heterocycles. The third-order valence-electron chi connectivity index (χ3n) is 7.81. The Kier molecular flexibility index (Phi) is 8.15. The number of nitrogens with zero attached hydrogens (tertiary/aromatic N) is 4. The van der Waals surface area contributed by atoms with Crippen molar-refractivity contribution in [1.82, 2.24) is 19.9 Å². The molecule has 40 heavy (non-hydrogen) atoms. The number of imidazole rings is 1. The van der Waals surface area contributed by atoms with Gasteiger partial charge in [-0.15, -0.1) is 0 Å². The van der Waals surface area contributed by atoms with Crippen LogP contribution in [0.15, 0.2) is 42.6 Å². The number of fused-ring (bicyclic) bond motifs is 1. The van der Waals surface area contributed by atoms with Gasteiger partial charge in [-0.3, -0.25) is 0 Å². The molecule has 0 spiro atoms. The van der Waals surface area contributed by atoms with Gasteiger partial charge in [-0.2, -0.15) is 5.10 Å². The minimum Gasteiger partial charge on any atom is -0.476 e. The molecule has 2 fully saturated rings. The van der Waals surface area contributed by atoms with Crippen molar-refractivity contribution in [3.8, 4) is 0 Å². The highest BCUT2D eigenvalue weighted by Crippen LogP contribution is 2.41. The monoisotopic (exact) mass is 557 g/mol. The van der Waals surface area contributed by atoms with Crippen LogP contribution in [0.1, 0.15) is 66.3 Å². The summed E-state index contributed by atoms with van der Waals surface area (Å²) in [6.45, 7) is 1.24. The lowest BCUT2D eigenvalue weighted by Crippen LogP contribution is -2.37. The Labute approximate surface area is 230 Å². The number of benzene rings is 1. The predicted octanol–water partition coefficient (Wildman–Crippen LogP) is 4.84. The lowest BCUT2D eigenvalue weighted by atomic mass is 9.81. The number of ether oxygens (including phenoxy) is 2. The van der Waals surface area contributed by atoms with Crippen molar-refractivity contribution in [3.63, 3.8) is 0 Å². The first-order valence-electron chi connectivity index (χ1n) is 13.5. The van der Waals surface area contributed by atoms with E-state index >= 15 is 0 Å². The number of hydrogen-bond donors (Lipinski definition) is 2. The number of carboxylic acids is 1. The van der Waals surface area contributed by atoms with Crippen molar-refractivity contribution in [2.75, 3.05) is 25.2 Å². The van der Waals surface area contributed by atoms with Crippen LogP contribution >= 0.6 is 0 Å². The Bertz CT molecular complexity index is 1340. The fraction of sp³-hybridized carbons (Fsp3) is 0.500. The van der Waals surface area contributed by atoms with Gasteiger partial charge in [0.1, 0.15) is 6.61 Å². The maximum atomic E-state index is 14.0. The predicted molar refractivity (Wildman–Crippen MR) is 142 cm³/mol. The number of alkyl carbamates (subject to hydrolysis) is 1. The van der Waals surface area contributed by atoms with Gasteiger partial charge in [0, 0.05) is 45.2 Å². The molecule has 0 unspecified atom stereocenters. The summed E-state index contributed by atoms with van der Waals surface area (Å²) in [6, 6.07) is 10.2. The van der Waals surface area contributed by atoms with Gasteiger partial charge in [0.2, 0.25) is 5.92 Å². The van der Waals surface area contributed by atoms with Crippen LogP contribution in [0.25, 0.3) is 5.65 Å². The van der Waals surface area contributed by atoms with E-state index in [4.69, 9.17) is 9.47 Å². The highest BCUT2D eigenvalue weighted by molar-refractivity contribution is 5.92. The Morgan fingerprint density at radius 1 is 1.20 bits per heavy atom. The molecule has 2 N–H and O–H groups in total. The number of alkyl halides is 2. The van der Waals surface area contributed by atoms with Gasteiger partial charge >= 0.3 is 12.1 Å². The number of rotatable bonds is 8. The molecule has 5 rings (SSSR count). The summed E-state index contributed by atoms with van der Waals surface area (Å²) < 4.78 is 40.1. The van der Waals surface area contributed by atoms with Gasteiger partial charge in [0.05, 0.1) is 23.6 Å². The zero-order chi connectivity index (χ0) is 28.3. The number of hydrogen-bond acceptors (Lipinski definition) is 7. The number of halogens is 2. The fourth-order valence-electron chi connectivity index (χ4n) is 5.49. The van der Waals surface area contributed by atoms with Crippen molar-refractivity contribution in [1.29, 1.82) is 0 Å². The van der Waals surface area contributed by atoms with Crippen LogP contribution in [0.5, 0.6) is 0 Å². The number of nitrogens with one attached hydrogen (secondary N) is 1. The number of carbonyl (C=O) groups excluding carboxylic acids is 1. The van der Waals surface area contributed by atoms with Crippen molar-refractivity contribution in [3.05, 3.63) is 59.5 Å². The second kappa shape index (κ2) is 11.7. The fourth-order valence-corrected chi connectivity index (χ4v) is 5.49. The summed E-state index contributed by atoms with van der Waals surface area (Å²) in [5.41, 5.74) is 1.90. The second-order valence-corrected chi connectivity index (χ2v) is 10.5. The summed E-state index contributed by atoms with van der Waals surface area (Å²) in [5.74, 6) is -4.23. The van der Waals surface area contributed by atoms with Crippen LogP contribution in [0.2, 0.25) is 0 Å².